The standard InChI is InChI=1S/C18H16Cl2N2O/c1-12-17(9-13-7-8-14(19)10-16(13)20)22-18(21-12)11-23-15-5-3-2-4-6-15/h2-8,10H,9,11H2,1H3,(H,21,22). The fourth-order valence-electron chi connectivity index (χ4n) is 2.32. The molecule has 0 radical (unpaired) electrons. The van der Waals surface area contributed by atoms with Gasteiger partial charge < -0.3 is 9.72 Å². The number of benzene rings is 2. The van der Waals surface area contributed by atoms with Gasteiger partial charge in [-0.1, -0.05) is 47.5 Å². The van der Waals surface area contributed by atoms with Crippen molar-refractivity contribution in [3.05, 3.63) is 81.4 Å². The summed E-state index contributed by atoms with van der Waals surface area (Å²) >= 11 is 12.2. The van der Waals surface area contributed by atoms with Gasteiger partial charge in [-0.15, -0.1) is 0 Å². The molecular formula is C18H16Cl2N2O. The largest absolute Gasteiger partial charge is 0.486 e. The molecule has 0 aliphatic heterocycles. The molecule has 3 rings (SSSR count). The van der Waals surface area contributed by atoms with Crippen LogP contribution >= 0.6 is 23.2 Å². The number of aryl methyl sites for hydroxylation is 1. The van der Waals surface area contributed by atoms with E-state index in [1.165, 1.54) is 0 Å². The van der Waals surface area contributed by atoms with Gasteiger partial charge in [0.05, 0.1) is 5.69 Å². The molecule has 0 aliphatic rings. The average Bonchev–Trinajstić information content (AvgIpc) is 2.89. The molecule has 0 saturated heterocycles. The van der Waals surface area contributed by atoms with Gasteiger partial charge in [-0.3, -0.25) is 0 Å². The summed E-state index contributed by atoms with van der Waals surface area (Å²) in [6, 6.07) is 15.2. The van der Waals surface area contributed by atoms with E-state index in [2.05, 4.69) is 9.97 Å². The zero-order valence-electron chi connectivity index (χ0n) is 12.6. The minimum absolute atomic E-state index is 0.402. The van der Waals surface area contributed by atoms with E-state index < -0.39 is 0 Å². The van der Waals surface area contributed by atoms with Crippen molar-refractivity contribution in [3.63, 3.8) is 0 Å². The second kappa shape index (κ2) is 7.07. The smallest absolute Gasteiger partial charge is 0.146 e. The second-order valence-electron chi connectivity index (χ2n) is 5.27. The van der Waals surface area contributed by atoms with Gasteiger partial charge in [-0.2, -0.15) is 0 Å². The minimum atomic E-state index is 0.402. The molecular weight excluding hydrogens is 331 g/mol. The molecule has 5 heteroatoms. The van der Waals surface area contributed by atoms with E-state index in [0.29, 0.717) is 23.1 Å². The molecule has 0 amide bonds. The molecule has 0 saturated carbocycles. The normalized spacial score (nSPS) is 10.7. The molecule has 23 heavy (non-hydrogen) atoms. The predicted molar refractivity (Wildman–Crippen MR) is 93.4 cm³/mol. The summed E-state index contributed by atoms with van der Waals surface area (Å²) in [5.41, 5.74) is 2.98. The Hall–Kier alpha value is -1.97. The first-order valence-electron chi connectivity index (χ1n) is 7.28. The Balaban J connectivity index is 1.70. The fraction of sp³-hybridized carbons (Fsp3) is 0.167. The third kappa shape index (κ3) is 4.06. The molecule has 0 spiro atoms. The predicted octanol–water partition coefficient (Wildman–Crippen LogP) is 5.19. The van der Waals surface area contributed by atoms with Crippen LogP contribution in [0.3, 0.4) is 0 Å². The van der Waals surface area contributed by atoms with Gasteiger partial charge in [0.25, 0.3) is 0 Å². The van der Waals surface area contributed by atoms with Crippen LogP contribution in [0.1, 0.15) is 22.8 Å². The number of hydrogen-bond donors (Lipinski definition) is 1. The van der Waals surface area contributed by atoms with Crippen LogP contribution < -0.4 is 4.74 Å². The average molecular weight is 347 g/mol. The van der Waals surface area contributed by atoms with E-state index in [0.717, 1.165) is 28.5 Å². The zero-order valence-corrected chi connectivity index (χ0v) is 14.2. The quantitative estimate of drug-likeness (QED) is 0.689. The topological polar surface area (TPSA) is 37.9 Å². The molecule has 1 heterocycles. The lowest BCUT2D eigenvalue weighted by Gasteiger charge is -2.04. The lowest BCUT2D eigenvalue weighted by molar-refractivity contribution is 0.297. The molecule has 1 aromatic heterocycles. The summed E-state index contributed by atoms with van der Waals surface area (Å²) in [5, 5.41) is 1.29. The molecule has 2 aromatic carbocycles. The highest BCUT2D eigenvalue weighted by Crippen LogP contribution is 2.24. The van der Waals surface area contributed by atoms with Crippen molar-refractivity contribution in [2.75, 3.05) is 0 Å². The number of hydrogen-bond acceptors (Lipinski definition) is 2. The van der Waals surface area contributed by atoms with Gasteiger partial charge in [0.15, 0.2) is 0 Å². The summed E-state index contributed by atoms with van der Waals surface area (Å²) in [7, 11) is 0. The molecule has 3 aromatic rings. The van der Waals surface area contributed by atoms with Gasteiger partial charge in [0.2, 0.25) is 0 Å². The second-order valence-corrected chi connectivity index (χ2v) is 6.11. The monoisotopic (exact) mass is 346 g/mol. The highest BCUT2D eigenvalue weighted by Gasteiger charge is 2.10. The van der Waals surface area contributed by atoms with Gasteiger partial charge >= 0.3 is 0 Å². The molecule has 3 nitrogen and oxygen atoms in total. The van der Waals surface area contributed by atoms with Crippen LogP contribution in [0.25, 0.3) is 0 Å². The SMILES string of the molecule is Cc1[nH]c(COc2ccccc2)nc1Cc1ccc(Cl)cc1Cl. The van der Waals surface area contributed by atoms with Crippen molar-refractivity contribution in [2.45, 2.75) is 20.0 Å². The third-order valence-corrected chi connectivity index (χ3v) is 4.11. The van der Waals surface area contributed by atoms with Crippen LogP contribution in [0.4, 0.5) is 0 Å². The minimum Gasteiger partial charge on any atom is -0.486 e. The Bertz CT molecular complexity index is 800. The van der Waals surface area contributed by atoms with E-state index in [4.69, 9.17) is 27.9 Å². The van der Waals surface area contributed by atoms with Crippen LogP contribution in [0.15, 0.2) is 48.5 Å². The third-order valence-electron chi connectivity index (χ3n) is 3.53. The van der Waals surface area contributed by atoms with E-state index in [9.17, 15) is 0 Å². The highest BCUT2D eigenvalue weighted by molar-refractivity contribution is 6.35. The Morgan fingerprint density at radius 2 is 1.87 bits per heavy atom. The van der Waals surface area contributed by atoms with Gasteiger partial charge in [0.1, 0.15) is 18.2 Å². The van der Waals surface area contributed by atoms with E-state index in [1.54, 1.807) is 6.07 Å². The number of ether oxygens (including phenoxy) is 1. The van der Waals surface area contributed by atoms with Gasteiger partial charge in [-0.05, 0) is 36.8 Å². The highest BCUT2D eigenvalue weighted by atomic mass is 35.5. The number of aromatic nitrogens is 2. The Labute approximate surface area is 145 Å². The first-order valence-corrected chi connectivity index (χ1v) is 8.03. The molecule has 0 aliphatic carbocycles. The van der Waals surface area contributed by atoms with E-state index in [-0.39, 0.29) is 0 Å². The van der Waals surface area contributed by atoms with Crippen molar-refractivity contribution < 1.29 is 4.74 Å². The van der Waals surface area contributed by atoms with Crippen LogP contribution in [0.2, 0.25) is 10.0 Å². The number of para-hydroxylation sites is 1. The van der Waals surface area contributed by atoms with E-state index in [1.807, 2.05) is 49.4 Å². The van der Waals surface area contributed by atoms with E-state index >= 15 is 0 Å². The van der Waals surface area contributed by atoms with Crippen LogP contribution in [0, 0.1) is 6.92 Å². The molecule has 0 bridgehead atoms. The summed E-state index contributed by atoms with van der Waals surface area (Å²) in [6.45, 7) is 2.40. The maximum absolute atomic E-state index is 6.23. The number of aromatic amines is 1. The number of nitrogens with one attached hydrogen (secondary N) is 1. The Morgan fingerprint density at radius 1 is 1.09 bits per heavy atom. The molecule has 0 fully saturated rings. The van der Waals surface area contributed by atoms with Crippen molar-refractivity contribution >= 4 is 23.2 Å². The molecule has 0 unspecified atom stereocenters. The molecule has 118 valence electrons. The van der Waals surface area contributed by atoms with Crippen LogP contribution in [-0.4, -0.2) is 9.97 Å². The van der Waals surface area contributed by atoms with Crippen molar-refractivity contribution in [1.82, 2.24) is 9.97 Å². The number of H-pyrrole nitrogens is 1. The maximum atomic E-state index is 6.23. The van der Waals surface area contributed by atoms with Gasteiger partial charge in [0, 0.05) is 22.2 Å². The lowest BCUT2D eigenvalue weighted by atomic mass is 10.1. The van der Waals surface area contributed by atoms with Crippen molar-refractivity contribution in [3.8, 4) is 5.75 Å². The van der Waals surface area contributed by atoms with Crippen molar-refractivity contribution in [2.24, 2.45) is 0 Å². The lowest BCUT2D eigenvalue weighted by Crippen LogP contribution is -1.98. The zero-order chi connectivity index (χ0) is 16.2. The first-order chi connectivity index (χ1) is 11.1. The van der Waals surface area contributed by atoms with Gasteiger partial charge in [-0.25, -0.2) is 4.98 Å². The summed E-state index contributed by atoms with van der Waals surface area (Å²) < 4.78 is 5.71. The number of imidazole rings is 1. The van der Waals surface area contributed by atoms with Crippen molar-refractivity contribution in [1.29, 1.82) is 0 Å². The fourth-order valence-corrected chi connectivity index (χ4v) is 2.79. The summed E-state index contributed by atoms with van der Waals surface area (Å²) in [6.07, 6.45) is 0.656. The molecule has 0 atom stereocenters. The number of halogens is 2. The van der Waals surface area contributed by atoms with Crippen LogP contribution in [0.5, 0.6) is 5.75 Å². The molecule has 1 N–H and O–H groups in total. The first kappa shape index (κ1) is 15.9. The summed E-state index contributed by atoms with van der Waals surface area (Å²) in [5.74, 6) is 1.62. The maximum Gasteiger partial charge on any atom is 0.146 e. The Kier molecular flexibility index (Phi) is 4.89. The summed E-state index contributed by atoms with van der Waals surface area (Å²) in [4.78, 5) is 7.87. The number of nitrogens with zero attached hydrogens (tertiary/aromatic N) is 1. The Morgan fingerprint density at radius 3 is 2.61 bits per heavy atom. The van der Waals surface area contributed by atoms with Crippen LogP contribution in [-0.2, 0) is 13.0 Å². The number of rotatable bonds is 5.